The summed E-state index contributed by atoms with van der Waals surface area (Å²) in [6.45, 7) is 7.50. The molecule has 1 atom stereocenters. The van der Waals surface area contributed by atoms with Gasteiger partial charge < -0.3 is 4.74 Å². The van der Waals surface area contributed by atoms with Crippen molar-refractivity contribution in [2.75, 3.05) is 0 Å². The van der Waals surface area contributed by atoms with Crippen LogP contribution in [-0.2, 0) is 9.53 Å². The molecule has 0 N–H and O–H groups in total. The van der Waals surface area contributed by atoms with Gasteiger partial charge in [-0.05, 0) is 51.5 Å². The van der Waals surface area contributed by atoms with Crippen molar-refractivity contribution in [1.82, 2.24) is 4.98 Å². The molecule has 1 heterocycles. The molecule has 0 aliphatic rings. The molecule has 0 amide bonds. The standard InChI is InChI=1S/C16H19NO2/c1-11(15(18)19-16(2,3)4)12-7-8-14-13(10-12)6-5-9-17-14/h5-11H,1-4H3. The van der Waals surface area contributed by atoms with E-state index < -0.39 is 5.60 Å². The SMILES string of the molecule is CC(C(=O)OC(C)(C)C)c1ccc2ncccc2c1. The summed E-state index contributed by atoms with van der Waals surface area (Å²) < 4.78 is 5.41. The molecule has 0 fully saturated rings. The van der Waals surface area contributed by atoms with Crippen LogP contribution in [-0.4, -0.2) is 16.6 Å². The van der Waals surface area contributed by atoms with E-state index in [0.29, 0.717) is 0 Å². The summed E-state index contributed by atoms with van der Waals surface area (Å²) in [5, 5.41) is 1.04. The fourth-order valence-electron chi connectivity index (χ4n) is 1.89. The van der Waals surface area contributed by atoms with Gasteiger partial charge >= 0.3 is 5.97 Å². The number of hydrogen-bond acceptors (Lipinski definition) is 3. The molecule has 0 aliphatic carbocycles. The highest BCUT2D eigenvalue weighted by atomic mass is 16.6. The predicted octanol–water partition coefficient (Wildman–Crippen LogP) is 3.68. The average molecular weight is 257 g/mol. The van der Waals surface area contributed by atoms with Crippen molar-refractivity contribution >= 4 is 16.9 Å². The van der Waals surface area contributed by atoms with E-state index in [4.69, 9.17) is 4.74 Å². The van der Waals surface area contributed by atoms with Gasteiger partial charge in [-0.25, -0.2) is 0 Å². The fourth-order valence-corrected chi connectivity index (χ4v) is 1.89. The number of esters is 1. The topological polar surface area (TPSA) is 39.2 Å². The molecular formula is C16H19NO2. The maximum atomic E-state index is 12.1. The third-order valence-electron chi connectivity index (χ3n) is 2.89. The molecule has 0 bridgehead atoms. The maximum absolute atomic E-state index is 12.1. The third kappa shape index (κ3) is 3.31. The van der Waals surface area contributed by atoms with Gasteiger partial charge in [-0.1, -0.05) is 12.1 Å². The number of benzene rings is 1. The van der Waals surface area contributed by atoms with Crippen LogP contribution < -0.4 is 0 Å². The lowest BCUT2D eigenvalue weighted by atomic mass is 9.99. The third-order valence-corrected chi connectivity index (χ3v) is 2.89. The molecule has 19 heavy (non-hydrogen) atoms. The Bertz CT molecular complexity index is 599. The molecule has 1 unspecified atom stereocenters. The van der Waals surface area contributed by atoms with Crippen molar-refractivity contribution in [3.05, 3.63) is 42.1 Å². The lowest BCUT2D eigenvalue weighted by Gasteiger charge is -2.22. The molecule has 0 spiro atoms. The van der Waals surface area contributed by atoms with Crippen molar-refractivity contribution in [3.8, 4) is 0 Å². The Morgan fingerprint density at radius 2 is 2.00 bits per heavy atom. The van der Waals surface area contributed by atoms with Gasteiger partial charge in [-0.3, -0.25) is 9.78 Å². The smallest absolute Gasteiger partial charge is 0.313 e. The van der Waals surface area contributed by atoms with Gasteiger partial charge in [0.2, 0.25) is 0 Å². The Kier molecular flexibility index (Phi) is 3.56. The first kappa shape index (κ1) is 13.5. The van der Waals surface area contributed by atoms with Crippen molar-refractivity contribution < 1.29 is 9.53 Å². The van der Waals surface area contributed by atoms with Crippen LogP contribution in [0, 0.1) is 0 Å². The molecular weight excluding hydrogens is 238 g/mol. The first-order valence-corrected chi connectivity index (χ1v) is 6.44. The van der Waals surface area contributed by atoms with E-state index in [1.54, 1.807) is 6.20 Å². The van der Waals surface area contributed by atoms with E-state index in [9.17, 15) is 4.79 Å². The van der Waals surface area contributed by atoms with Gasteiger partial charge in [0, 0.05) is 11.6 Å². The Hall–Kier alpha value is -1.90. The molecule has 0 aliphatic heterocycles. The largest absolute Gasteiger partial charge is 0.460 e. The fraction of sp³-hybridized carbons (Fsp3) is 0.375. The number of rotatable bonds is 2. The van der Waals surface area contributed by atoms with Crippen LogP contribution in [0.15, 0.2) is 36.5 Å². The highest BCUT2D eigenvalue weighted by molar-refractivity contribution is 5.83. The molecule has 3 heteroatoms. The number of carbonyl (C=O) groups excluding carboxylic acids is 1. The Morgan fingerprint density at radius 3 is 2.68 bits per heavy atom. The van der Waals surface area contributed by atoms with Crippen molar-refractivity contribution in [1.29, 1.82) is 0 Å². The van der Waals surface area contributed by atoms with E-state index in [1.165, 1.54) is 0 Å². The van der Waals surface area contributed by atoms with Crippen LogP contribution in [0.5, 0.6) is 0 Å². The highest BCUT2D eigenvalue weighted by Crippen LogP contribution is 2.23. The zero-order valence-electron chi connectivity index (χ0n) is 11.8. The summed E-state index contributed by atoms with van der Waals surface area (Å²) in [5.41, 5.74) is 1.43. The average Bonchev–Trinajstić information content (AvgIpc) is 2.35. The van der Waals surface area contributed by atoms with E-state index in [2.05, 4.69) is 4.98 Å². The normalized spacial score (nSPS) is 13.3. The molecule has 100 valence electrons. The Balaban J connectivity index is 2.26. The maximum Gasteiger partial charge on any atom is 0.313 e. The van der Waals surface area contributed by atoms with Gasteiger partial charge in [0.1, 0.15) is 5.60 Å². The number of nitrogens with zero attached hydrogens (tertiary/aromatic N) is 1. The number of hydrogen-bond donors (Lipinski definition) is 0. The summed E-state index contributed by atoms with van der Waals surface area (Å²) in [7, 11) is 0. The molecule has 2 rings (SSSR count). The van der Waals surface area contributed by atoms with E-state index in [1.807, 2.05) is 58.0 Å². The van der Waals surface area contributed by atoms with Crippen LogP contribution in [0.25, 0.3) is 10.9 Å². The number of fused-ring (bicyclic) bond motifs is 1. The van der Waals surface area contributed by atoms with E-state index >= 15 is 0 Å². The lowest BCUT2D eigenvalue weighted by Crippen LogP contribution is -2.26. The van der Waals surface area contributed by atoms with Crippen LogP contribution in [0.2, 0.25) is 0 Å². The second kappa shape index (κ2) is 5.00. The monoisotopic (exact) mass is 257 g/mol. The van der Waals surface area contributed by atoms with Crippen molar-refractivity contribution in [2.24, 2.45) is 0 Å². The zero-order chi connectivity index (χ0) is 14.0. The second-order valence-electron chi connectivity index (χ2n) is 5.71. The van der Waals surface area contributed by atoms with Gasteiger partial charge in [0.05, 0.1) is 11.4 Å². The minimum atomic E-state index is -0.455. The van der Waals surface area contributed by atoms with Crippen LogP contribution in [0.1, 0.15) is 39.2 Å². The van der Waals surface area contributed by atoms with E-state index in [0.717, 1.165) is 16.5 Å². The number of carbonyl (C=O) groups is 1. The van der Waals surface area contributed by atoms with Crippen LogP contribution in [0.3, 0.4) is 0 Å². The number of ether oxygens (including phenoxy) is 1. The summed E-state index contributed by atoms with van der Waals surface area (Å²) >= 11 is 0. The molecule has 3 nitrogen and oxygen atoms in total. The molecule has 2 aromatic rings. The molecule has 0 saturated carbocycles. The summed E-state index contributed by atoms with van der Waals surface area (Å²) in [6.07, 6.45) is 1.76. The Labute approximate surface area is 113 Å². The number of pyridine rings is 1. The summed E-state index contributed by atoms with van der Waals surface area (Å²) in [6, 6.07) is 9.75. The van der Waals surface area contributed by atoms with Gasteiger partial charge in [0.25, 0.3) is 0 Å². The highest BCUT2D eigenvalue weighted by Gasteiger charge is 2.23. The first-order chi connectivity index (χ1) is 8.87. The second-order valence-corrected chi connectivity index (χ2v) is 5.71. The Morgan fingerprint density at radius 1 is 1.26 bits per heavy atom. The van der Waals surface area contributed by atoms with Crippen molar-refractivity contribution in [3.63, 3.8) is 0 Å². The van der Waals surface area contributed by atoms with E-state index in [-0.39, 0.29) is 11.9 Å². The van der Waals surface area contributed by atoms with Crippen LogP contribution in [0.4, 0.5) is 0 Å². The van der Waals surface area contributed by atoms with Gasteiger partial charge in [-0.2, -0.15) is 0 Å². The minimum absolute atomic E-state index is 0.198. The van der Waals surface area contributed by atoms with Crippen LogP contribution >= 0.6 is 0 Å². The minimum Gasteiger partial charge on any atom is -0.460 e. The lowest BCUT2D eigenvalue weighted by molar-refractivity contribution is -0.156. The van der Waals surface area contributed by atoms with Gasteiger partial charge in [0.15, 0.2) is 0 Å². The number of aromatic nitrogens is 1. The summed E-state index contributed by atoms with van der Waals surface area (Å²) in [5.74, 6) is -0.473. The summed E-state index contributed by atoms with van der Waals surface area (Å²) in [4.78, 5) is 16.3. The first-order valence-electron chi connectivity index (χ1n) is 6.44. The van der Waals surface area contributed by atoms with Gasteiger partial charge in [-0.15, -0.1) is 0 Å². The molecule has 1 aromatic carbocycles. The molecule has 0 radical (unpaired) electrons. The predicted molar refractivity (Wildman–Crippen MR) is 76.0 cm³/mol. The zero-order valence-corrected chi connectivity index (χ0v) is 11.8. The quantitative estimate of drug-likeness (QED) is 0.770. The molecule has 0 saturated heterocycles. The van der Waals surface area contributed by atoms with Crippen molar-refractivity contribution in [2.45, 2.75) is 39.2 Å². The molecule has 1 aromatic heterocycles.